The fourth-order valence-corrected chi connectivity index (χ4v) is 3.12. The van der Waals surface area contributed by atoms with Gasteiger partial charge in [-0.25, -0.2) is 0 Å². The molecule has 0 aliphatic heterocycles. The number of aldehydes is 1. The third-order valence-electron chi connectivity index (χ3n) is 4.30. The van der Waals surface area contributed by atoms with E-state index in [4.69, 9.17) is 5.73 Å². The van der Waals surface area contributed by atoms with Gasteiger partial charge in [-0.3, -0.25) is 9.59 Å². The van der Waals surface area contributed by atoms with Crippen molar-refractivity contribution in [2.75, 3.05) is 0 Å². The minimum Gasteiger partial charge on any atom is -0.400 e. The van der Waals surface area contributed by atoms with Crippen molar-refractivity contribution in [3.05, 3.63) is 45.6 Å². The molecule has 7 heteroatoms. The number of hydrogen-bond donors (Lipinski definition) is 1. The molecule has 0 unspecified atom stereocenters. The number of benzene rings is 1. The second kappa shape index (κ2) is 6.28. The van der Waals surface area contributed by atoms with Gasteiger partial charge in [0.15, 0.2) is 11.2 Å². The molecular weight excluding hydrogens is 372 g/mol. The van der Waals surface area contributed by atoms with Gasteiger partial charge in [-0.15, -0.1) is 0 Å². The van der Waals surface area contributed by atoms with Gasteiger partial charge in [-0.1, -0.05) is 28.1 Å². The minimum absolute atomic E-state index is 0.0169. The fraction of sp³-hybridized carbons (Fsp3) is 0.235. The maximum absolute atomic E-state index is 12.6. The number of halogens is 1. The molecule has 2 rings (SSSR count). The highest BCUT2D eigenvalue weighted by Crippen LogP contribution is 2.55. The Morgan fingerprint density at radius 2 is 1.79 bits per heavy atom. The lowest BCUT2D eigenvalue weighted by Gasteiger charge is -2.31. The summed E-state index contributed by atoms with van der Waals surface area (Å²) in [7, 11) is 0. The molecule has 1 aromatic rings. The number of allylic oxidation sites excluding steroid dienone is 2. The summed E-state index contributed by atoms with van der Waals surface area (Å²) in [5.41, 5.74) is 2.37. The SMILES string of the molecule is N#CC1(C#N)CC(C=O)=C(N)[C@@]1(C#N)CC(=O)c1ccc(Br)cc1. The van der Waals surface area contributed by atoms with Crippen LogP contribution in [0.3, 0.4) is 0 Å². The van der Waals surface area contributed by atoms with Crippen LogP contribution in [0.4, 0.5) is 0 Å². The molecule has 0 spiro atoms. The summed E-state index contributed by atoms with van der Waals surface area (Å²) in [6, 6.07) is 11.9. The number of hydrogen-bond acceptors (Lipinski definition) is 6. The topological polar surface area (TPSA) is 132 Å². The molecule has 0 fully saturated rings. The van der Waals surface area contributed by atoms with Crippen LogP contribution in [0.2, 0.25) is 0 Å². The van der Waals surface area contributed by atoms with Crippen molar-refractivity contribution in [3.8, 4) is 18.2 Å². The first-order valence-corrected chi connectivity index (χ1v) is 7.66. The average Bonchev–Trinajstić information content (AvgIpc) is 2.84. The highest BCUT2D eigenvalue weighted by Gasteiger charge is 2.61. The Morgan fingerprint density at radius 3 is 2.25 bits per heavy atom. The third kappa shape index (κ3) is 2.38. The van der Waals surface area contributed by atoms with E-state index in [2.05, 4.69) is 15.9 Å². The lowest BCUT2D eigenvalue weighted by Crippen LogP contribution is -2.41. The molecule has 118 valence electrons. The molecule has 1 aliphatic rings. The van der Waals surface area contributed by atoms with Crippen molar-refractivity contribution in [2.24, 2.45) is 16.6 Å². The van der Waals surface area contributed by atoms with E-state index >= 15 is 0 Å². The van der Waals surface area contributed by atoms with Gasteiger partial charge in [0.25, 0.3) is 0 Å². The van der Waals surface area contributed by atoms with Gasteiger partial charge < -0.3 is 5.73 Å². The Morgan fingerprint density at radius 1 is 1.21 bits per heavy atom. The molecule has 0 saturated carbocycles. The molecule has 1 atom stereocenters. The molecule has 0 heterocycles. The number of ketones is 1. The van der Waals surface area contributed by atoms with E-state index in [9.17, 15) is 25.4 Å². The summed E-state index contributed by atoms with van der Waals surface area (Å²) >= 11 is 3.26. The van der Waals surface area contributed by atoms with E-state index in [0.717, 1.165) is 4.47 Å². The molecule has 0 aromatic heterocycles. The normalized spacial score (nSPS) is 21.4. The van der Waals surface area contributed by atoms with E-state index in [-0.39, 0.29) is 17.7 Å². The predicted molar refractivity (Wildman–Crippen MR) is 86.7 cm³/mol. The summed E-state index contributed by atoms with van der Waals surface area (Å²) in [5, 5.41) is 28.7. The number of Topliss-reactive ketones (excluding diaryl/α,β-unsaturated/α-hetero) is 1. The number of carbonyl (C=O) groups is 2. The van der Waals surface area contributed by atoms with E-state index in [1.165, 1.54) is 0 Å². The molecule has 1 aromatic carbocycles. The van der Waals surface area contributed by atoms with Gasteiger partial charge in [-0.05, 0) is 12.1 Å². The predicted octanol–water partition coefficient (Wildman–Crippen LogP) is 2.38. The second-order valence-corrected chi connectivity index (χ2v) is 6.40. The first-order valence-electron chi connectivity index (χ1n) is 6.86. The minimum atomic E-state index is -1.87. The maximum Gasteiger partial charge on any atom is 0.172 e. The third-order valence-corrected chi connectivity index (χ3v) is 4.83. The smallest absolute Gasteiger partial charge is 0.172 e. The summed E-state index contributed by atoms with van der Waals surface area (Å²) in [6.45, 7) is 0. The number of rotatable bonds is 4. The van der Waals surface area contributed by atoms with Gasteiger partial charge in [0.2, 0.25) is 0 Å². The highest BCUT2D eigenvalue weighted by atomic mass is 79.9. The lowest BCUT2D eigenvalue weighted by molar-refractivity contribution is -0.105. The molecular formula is C17H11BrN4O2. The van der Waals surface area contributed by atoms with Gasteiger partial charge in [0, 0.05) is 34.1 Å². The first kappa shape index (κ1) is 17.4. The average molecular weight is 383 g/mol. The van der Waals surface area contributed by atoms with Crippen LogP contribution in [-0.2, 0) is 4.79 Å². The number of nitriles is 3. The fourth-order valence-electron chi connectivity index (χ4n) is 2.86. The van der Waals surface area contributed by atoms with Crippen LogP contribution in [0.15, 0.2) is 40.0 Å². The van der Waals surface area contributed by atoms with Crippen LogP contribution in [0.25, 0.3) is 0 Å². The maximum atomic E-state index is 12.6. The van der Waals surface area contributed by atoms with Gasteiger partial charge in [-0.2, -0.15) is 15.8 Å². The van der Waals surface area contributed by atoms with E-state index in [0.29, 0.717) is 11.8 Å². The van der Waals surface area contributed by atoms with Gasteiger partial charge in [0.1, 0.15) is 11.7 Å². The van der Waals surface area contributed by atoms with Crippen LogP contribution in [0.1, 0.15) is 23.2 Å². The lowest BCUT2D eigenvalue weighted by atomic mass is 9.63. The standard InChI is InChI=1S/C17H11BrN4O2/c18-13-3-1-11(2-4-13)14(24)6-17(10-21)15(22)12(7-23)5-16(17,8-19)9-20/h1-4,7H,5-6,22H2/t17-/m0/s1. The summed E-state index contributed by atoms with van der Waals surface area (Å²) in [5.74, 6) is -0.436. The largest absolute Gasteiger partial charge is 0.400 e. The van der Waals surface area contributed by atoms with Crippen molar-refractivity contribution in [3.63, 3.8) is 0 Å². The van der Waals surface area contributed by atoms with Crippen LogP contribution in [0.5, 0.6) is 0 Å². The van der Waals surface area contributed by atoms with Crippen molar-refractivity contribution in [2.45, 2.75) is 12.8 Å². The van der Waals surface area contributed by atoms with E-state index in [1.807, 2.05) is 6.07 Å². The molecule has 0 saturated heterocycles. The molecule has 1 aliphatic carbocycles. The molecule has 2 N–H and O–H groups in total. The second-order valence-electron chi connectivity index (χ2n) is 5.49. The van der Waals surface area contributed by atoms with Crippen LogP contribution >= 0.6 is 15.9 Å². The van der Waals surface area contributed by atoms with Gasteiger partial charge in [0.05, 0.1) is 18.2 Å². The quantitative estimate of drug-likeness (QED) is 0.627. The van der Waals surface area contributed by atoms with Crippen molar-refractivity contribution >= 4 is 28.0 Å². The zero-order valence-electron chi connectivity index (χ0n) is 12.4. The summed E-state index contributed by atoms with van der Waals surface area (Å²) in [6.07, 6.45) is -0.284. The van der Waals surface area contributed by atoms with Gasteiger partial charge >= 0.3 is 0 Å². The number of nitrogens with zero attached hydrogens (tertiary/aromatic N) is 3. The molecule has 6 nitrogen and oxygen atoms in total. The van der Waals surface area contributed by atoms with Crippen molar-refractivity contribution < 1.29 is 9.59 Å². The van der Waals surface area contributed by atoms with Crippen LogP contribution in [-0.4, -0.2) is 12.1 Å². The Bertz CT molecular complexity index is 854. The summed E-state index contributed by atoms with van der Waals surface area (Å²) < 4.78 is 0.779. The van der Waals surface area contributed by atoms with Crippen LogP contribution in [0, 0.1) is 44.8 Å². The van der Waals surface area contributed by atoms with Crippen molar-refractivity contribution in [1.82, 2.24) is 0 Å². The Kier molecular flexibility index (Phi) is 4.55. The number of carbonyl (C=O) groups excluding carboxylic acids is 2. The highest BCUT2D eigenvalue weighted by molar-refractivity contribution is 9.10. The monoisotopic (exact) mass is 382 g/mol. The Labute approximate surface area is 146 Å². The number of nitrogens with two attached hydrogens (primary N) is 1. The van der Waals surface area contributed by atoms with E-state index in [1.54, 1.807) is 36.4 Å². The zero-order valence-corrected chi connectivity index (χ0v) is 14.0. The first-order chi connectivity index (χ1) is 11.4. The zero-order chi connectivity index (χ0) is 18.0. The van der Waals surface area contributed by atoms with Crippen LogP contribution < -0.4 is 5.73 Å². The Hall–Kier alpha value is -2.95. The molecule has 0 radical (unpaired) electrons. The molecule has 0 bridgehead atoms. The Balaban J connectivity index is 2.55. The summed E-state index contributed by atoms with van der Waals surface area (Å²) in [4.78, 5) is 23.8. The van der Waals surface area contributed by atoms with Crippen molar-refractivity contribution in [1.29, 1.82) is 15.8 Å². The molecule has 0 amide bonds. The van der Waals surface area contributed by atoms with E-state index < -0.39 is 23.0 Å². The molecule has 24 heavy (non-hydrogen) atoms.